The molecule has 0 radical (unpaired) electrons. The van der Waals surface area contributed by atoms with Gasteiger partial charge in [-0.3, -0.25) is 0 Å². The van der Waals surface area contributed by atoms with Crippen LogP contribution in [0.25, 0.3) is 0 Å². The number of amides is 2. The van der Waals surface area contributed by atoms with Gasteiger partial charge in [-0.05, 0) is 13.8 Å². The van der Waals surface area contributed by atoms with E-state index in [1.165, 1.54) is 0 Å². The van der Waals surface area contributed by atoms with Gasteiger partial charge in [-0.1, -0.05) is 0 Å². The van der Waals surface area contributed by atoms with Crippen molar-refractivity contribution in [2.45, 2.75) is 19.9 Å². The summed E-state index contributed by atoms with van der Waals surface area (Å²) < 4.78 is 0. The van der Waals surface area contributed by atoms with Crippen LogP contribution in [0, 0.1) is 0 Å². The number of rotatable bonds is 3. The van der Waals surface area contributed by atoms with E-state index in [1.54, 1.807) is 11.9 Å². The van der Waals surface area contributed by atoms with Gasteiger partial charge in [0, 0.05) is 26.2 Å². The van der Waals surface area contributed by atoms with Gasteiger partial charge in [-0.15, -0.1) is 0 Å². The van der Waals surface area contributed by atoms with Gasteiger partial charge in [0.05, 0.1) is 0 Å². The lowest BCUT2D eigenvalue weighted by molar-refractivity contribution is 0.208. The van der Waals surface area contributed by atoms with Crippen molar-refractivity contribution in [1.29, 1.82) is 0 Å². The molecule has 0 aromatic heterocycles. The third kappa shape index (κ3) is 3.83. The van der Waals surface area contributed by atoms with E-state index in [0.717, 1.165) is 0 Å². The summed E-state index contributed by atoms with van der Waals surface area (Å²) in [6.07, 6.45) is 0. The molecule has 1 unspecified atom stereocenters. The number of hydrogen-bond acceptors (Lipinski definition) is 2. The molecule has 0 saturated carbocycles. The first-order valence-electron chi connectivity index (χ1n) is 3.83. The molecule has 2 amide bonds. The van der Waals surface area contributed by atoms with Crippen molar-refractivity contribution in [2.24, 2.45) is 5.73 Å². The Labute approximate surface area is 67.7 Å². The predicted molar refractivity (Wildman–Crippen MR) is 45.4 cm³/mol. The minimum absolute atomic E-state index is 0.0523. The van der Waals surface area contributed by atoms with E-state index < -0.39 is 0 Å². The van der Waals surface area contributed by atoms with Gasteiger partial charge in [0.25, 0.3) is 0 Å². The van der Waals surface area contributed by atoms with Crippen molar-refractivity contribution in [3.05, 3.63) is 0 Å². The quantitative estimate of drug-likeness (QED) is 0.608. The zero-order chi connectivity index (χ0) is 8.85. The first kappa shape index (κ1) is 10.2. The highest BCUT2D eigenvalue weighted by Gasteiger charge is 2.07. The molecule has 0 rings (SSSR count). The summed E-state index contributed by atoms with van der Waals surface area (Å²) in [4.78, 5) is 12.7. The van der Waals surface area contributed by atoms with Crippen LogP contribution in [0.2, 0.25) is 0 Å². The maximum Gasteiger partial charge on any atom is 0.317 e. The molecule has 1 atom stereocenters. The molecule has 0 saturated heterocycles. The first-order chi connectivity index (χ1) is 5.11. The van der Waals surface area contributed by atoms with Crippen LogP contribution in [0.15, 0.2) is 0 Å². The van der Waals surface area contributed by atoms with Crippen LogP contribution >= 0.6 is 0 Å². The number of carbonyl (C=O) groups excluding carboxylic acids is 1. The monoisotopic (exact) mass is 159 g/mol. The predicted octanol–water partition coefficient (Wildman–Crippen LogP) is -0.00510. The van der Waals surface area contributed by atoms with Crippen LogP contribution in [0.1, 0.15) is 13.8 Å². The van der Waals surface area contributed by atoms with E-state index in [1.807, 2.05) is 13.8 Å². The van der Waals surface area contributed by atoms with Crippen LogP contribution in [0.3, 0.4) is 0 Å². The highest BCUT2D eigenvalue weighted by Crippen LogP contribution is 1.84. The van der Waals surface area contributed by atoms with Gasteiger partial charge in [0.2, 0.25) is 0 Å². The van der Waals surface area contributed by atoms with E-state index >= 15 is 0 Å². The Hall–Kier alpha value is -0.770. The van der Waals surface area contributed by atoms with Crippen LogP contribution in [-0.2, 0) is 0 Å². The molecule has 0 aliphatic rings. The number of carbonyl (C=O) groups is 1. The maximum atomic E-state index is 11.1. The summed E-state index contributed by atoms with van der Waals surface area (Å²) in [5.41, 5.74) is 5.33. The van der Waals surface area contributed by atoms with Crippen molar-refractivity contribution in [2.75, 3.05) is 20.1 Å². The summed E-state index contributed by atoms with van der Waals surface area (Å²) >= 11 is 0. The van der Waals surface area contributed by atoms with Gasteiger partial charge >= 0.3 is 6.03 Å². The molecule has 0 bridgehead atoms. The molecule has 0 aromatic carbocycles. The van der Waals surface area contributed by atoms with E-state index in [9.17, 15) is 4.79 Å². The second-order valence-corrected chi connectivity index (χ2v) is 2.60. The molecule has 0 spiro atoms. The SMILES string of the molecule is CCN(C)C(=O)NC(C)CN. The molecular formula is C7H17N3O. The zero-order valence-corrected chi connectivity index (χ0v) is 7.42. The van der Waals surface area contributed by atoms with Crippen molar-refractivity contribution in [1.82, 2.24) is 10.2 Å². The maximum absolute atomic E-state index is 11.1. The van der Waals surface area contributed by atoms with Gasteiger partial charge in [-0.25, -0.2) is 4.79 Å². The summed E-state index contributed by atoms with van der Waals surface area (Å²) in [7, 11) is 1.75. The summed E-state index contributed by atoms with van der Waals surface area (Å²) in [6, 6.07) is -0.0121. The molecule has 4 nitrogen and oxygen atoms in total. The Morgan fingerprint density at radius 2 is 2.27 bits per heavy atom. The van der Waals surface area contributed by atoms with E-state index in [4.69, 9.17) is 5.73 Å². The van der Waals surface area contributed by atoms with Crippen molar-refractivity contribution < 1.29 is 4.79 Å². The van der Waals surface area contributed by atoms with E-state index in [-0.39, 0.29) is 12.1 Å². The summed E-state index contributed by atoms with van der Waals surface area (Å²) in [6.45, 7) is 4.99. The molecular weight excluding hydrogens is 142 g/mol. The standard InChI is InChI=1S/C7H17N3O/c1-4-10(3)7(11)9-6(2)5-8/h6H,4-5,8H2,1-3H3,(H,9,11). The average Bonchev–Trinajstić information content (AvgIpc) is 2.02. The number of nitrogens with two attached hydrogens (primary N) is 1. The molecule has 0 heterocycles. The second-order valence-electron chi connectivity index (χ2n) is 2.60. The highest BCUT2D eigenvalue weighted by atomic mass is 16.2. The third-order valence-corrected chi connectivity index (χ3v) is 1.54. The molecule has 3 N–H and O–H groups in total. The Bertz CT molecular complexity index is 127. The van der Waals surface area contributed by atoms with Gasteiger partial charge in [0.15, 0.2) is 0 Å². The van der Waals surface area contributed by atoms with Gasteiger partial charge in [0.1, 0.15) is 0 Å². The minimum Gasteiger partial charge on any atom is -0.334 e. The largest absolute Gasteiger partial charge is 0.334 e. The number of nitrogens with zero attached hydrogens (tertiary/aromatic N) is 1. The molecule has 0 aromatic rings. The summed E-state index contributed by atoms with van der Waals surface area (Å²) in [5, 5.41) is 2.74. The first-order valence-corrected chi connectivity index (χ1v) is 3.83. The van der Waals surface area contributed by atoms with Crippen LogP contribution in [0.4, 0.5) is 4.79 Å². The Kier molecular flexibility index (Phi) is 4.61. The van der Waals surface area contributed by atoms with E-state index in [2.05, 4.69) is 5.32 Å². The van der Waals surface area contributed by atoms with Crippen molar-refractivity contribution in [3.63, 3.8) is 0 Å². The van der Waals surface area contributed by atoms with Crippen molar-refractivity contribution >= 4 is 6.03 Å². The highest BCUT2D eigenvalue weighted by molar-refractivity contribution is 5.74. The Morgan fingerprint density at radius 3 is 2.64 bits per heavy atom. The van der Waals surface area contributed by atoms with E-state index in [0.29, 0.717) is 13.1 Å². The van der Waals surface area contributed by atoms with Gasteiger partial charge in [-0.2, -0.15) is 0 Å². The lowest BCUT2D eigenvalue weighted by Gasteiger charge is -2.18. The fourth-order valence-corrected chi connectivity index (χ4v) is 0.524. The van der Waals surface area contributed by atoms with Crippen LogP contribution in [-0.4, -0.2) is 37.1 Å². The Morgan fingerprint density at radius 1 is 1.73 bits per heavy atom. The molecule has 11 heavy (non-hydrogen) atoms. The fraction of sp³-hybridized carbons (Fsp3) is 0.857. The Balaban J connectivity index is 3.68. The summed E-state index contributed by atoms with van der Waals surface area (Å²) in [5.74, 6) is 0. The molecule has 0 fully saturated rings. The van der Waals surface area contributed by atoms with Crippen LogP contribution < -0.4 is 11.1 Å². The number of hydrogen-bond donors (Lipinski definition) is 2. The third-order valence-electron chi connectivity index (χ3n) is 1.54. The number of urea groups is 1. The van der Waals surface area contributed by atoms with Gasteiger partial charge < -0.3 is 16.0 Å². The number of nitrogens with one attached hydrogen (secondary N) is 1. The molecule has 66 valence electrons. The van der Waals surface area contributed by atoms with Crippen molar-refractivity contribution in [3.8, 4) is 0 Å². The molecule has 0 aliphatic heterocycles. The zero-order valence-electron chi connectivity index (χ0n) is 7.42. The average molecular weight is 159 g/mol. The van der Waals surface area contributed by atoms with Crippen LogP contribution in [0.5, 0.6) is 0 Å². The lowest BCUT2D eigenvalue weighted by atomic mass is 10.3. The fourth-order valence-electron chi connectivity index (χ4n) is 0.524. The second kappa shape index (κ2) is 4.96. The lowest BCUT2D eigenvalue weighted by Crippen LogP contribution is -2.44. The minimum atomic E-state index is -0.0644. The smallest absolute Gasteiger partial charge is 0.317 e. The molecule has 0 aliphatic carbocycles. The molecule has 4 heteroatoms. The topological polar surface area (TPSA) is 58.4 Å². The normalized spacial score (nSPS) is 12.4.